The molecule has 0 bridgehead atoms. The Morgan fingerprint density at radius 3 is 2.65 bits per heavy atom. The molecule has 0 saturated carbocycles. The number of carbonyl (C=O) groups excluding carboxylic acids is 1. The van der Waals surface area contributed by atoms with Crippen LogP contribution in [-0.4, -0.2) is 15.8 Å². The zero-order valence-corrected chi connectivity index (χ0v) is 10.2. The van der Waals surface area contributed by atoms with Crippen LogP contribution in [0, 0.1) is 15.9 Å². The number of nitrogens with one attached hydrogen (secondary N) is 1. The van der Waals surface area contributed by atoms with Crippen LogP contribution < -0.4 is 5.32 Å². The SMILES string of the molecule is O=C(NCc1ccncc1)c1cc(F)ccc1[N+](=O)[O-]. The molecule has 1 aromatic heterocycles. The van der Waals surface area contributed by atoms with E-state index < -0.39 is 22.3 Å². The molecule has 1 aromatic carbocycles. The van der Waals surface area contributed by atoms with Crippen molar-refractivity contribution in [2.24, 2.45) is 0 Å². The van der Waals surface area contributed by atoms with Gasteiger partial charge in [0.25, 0.3) is 11.6 Å². The van der Waals surface area contributed by atoms with Crippen molar-refractivity contribution >= 4 is 11.6 Å². The Balaban J connectivity index is 2.17. The quantitative estimate of drug-likeness (QED) is 0.683. The molecule has 2 rings (SSSR count). The number of amides is 1. The summed E-state index contributed by atoms with van der Waals surface area (Å²) in [7, 11) is 0. The fourth-order valence-corrected chi connectivity index (χ4v) is 1.63. The summed E-state index contributed by atoms with van der Waals surface area (Å²) in [6.07, 6.45) is 3.12. The fourth-order valence-electron chi connectivity index (χ4n) is 1.63. The van der Waals surface area contributed by atoms with Crippen LogP contribution in [0.4, 0.5) is 10.1 Å². The van der Waals surface area contributed by atoms with E-state index in [9.17, 15) is 19.3 Å². The molecule has 20 heavy (non-hydrogen) atoms. The van der Waals surface area contributed by atoms with Gasteiger partial charge in [-0.05, 0) is 29.8 Å². The summed E-state index contributed by atoms with van der Waals surface area (Å²) in [5.41, 5.74) is 0.0510. The first-order chi connectivity index (χ1) is 9.58. The highest BCUT2D eigenvalue weighted by Crippen LogP contribution is 2.19. The minimum atomic E-state index is -0.721. The maximum atomic E-state index is 13.1. The summed E-state index contributed by atoms with van der Waals surface area (Å²) < 4.78 is 13.1. The number of hydrogen-bond acceptors (Lipinski definition) is 4. The van der Waals surface area contributed by atoms with Crippen molar-refractivity contribution in [1.29, 1.82) is 0 Å². The third kappa shape index (κ3) is 3.14. The lowest BCUT2D eigenvalue weighted by Gasteiger charge is -2.06. The average molecular weight is 275 g/mol. The van der Waals surface area contributed by atoms with E-state index in [1.807, 2.05) is 0 Å². The third-order valence-electron chi connectivity index (χ3n) is 2.60. The maximum absolute atomic E-state index is 13.1. The van der Waals surface area contributed by atoms with E-state index in [1.54, 1.807) is 24.5 Å². The van der Waals surface area contributed by atoms with Gasteiger partial charge in [-0.1, -0.05) is 0 Å². The minimum Gasteiger partial charge on any atom is -0.348 e. The fraction of sp³-hybridized carbons (Fsp3) is 0.0769. The molecule has 0 unspecified atom stereocenters. The first kappa shape index (κ1) is 13.6. The summed E-state index contributed by atoms with van der Waals surface area (Å²) >= 11 is 0. The molecule has 0 radical (unpaired) electrons. The van der Waals surface area contributed by atoms with Crippen LogP contribution in [0.5, 0.6) is 0 Å². The zero-order valence-electron chi connectivity index (χ0n) is 10.2. The monoisotopic (exact) mass is 275 g/mol. The normalized spacial score (nSPS) is 10.1. The van der Waals surface area contributed by atoms with E-state index in [-0.39, 0.29) is 12.1 Å². The van der Waals surface area contributed by atoms with Crippen LogP contribution in [0.1, 0.15) is 15.9 Å². The molecule has 6 nitrogen and oxygen atoms in total. The highest BCUT2D eigenvalue weighted by Gasteiger charge is 2.20. The molecule has 0 aliphatic carbocycles. The number of nitro benzene ring substituents is 1. The molecule has 1 amide bonds. The van der Waals surface area contributed by atoms with Gasteiger partial charge in [-0.15, -0.1) is 0 Å². The van der Waals surface area contributed by atoms with E-state index in [0.717, 1.165) is 23.8 Å². The molecule has 0 atom stereocenters. The predicted octanol–water partition coefficient (Wildman–Crippen LogP) is 2.06. The summed E-state index contributed by atoms with van der Waals surface area (Å²) in [5, 5.41) is 13.3. The molecule has 0 spiro atoms. The van der Waals surface area contributed by atoms with Crippen LogP contribution in [0.25, 0.3) is 0 Å². The van der Waals surface area contributed by atoms with E-state index in [2.05, 4.69) is 10.3 Å². The van der Waals surface area contributed by atoms with Crippen molar-refractivity contribution in [3.05, 3.63) is 69.8 Å². The summed E-state index contributed by atoms with van der Waals surface area (Å²) in [4.78, 5) is 25.8. The summed E-state index contributed by atoms with van der Waals surface area (Å²) in [5.74, 6) is -1.40. The Morgan fingerprint density at radius 1 is 1.30 bits per heavy atom. The maximum Gasteiger partial charge on any atom is 0.282 e. The molecule has 7 heteroatoms. The first-order valence-corrected chi connectivity index (χ1v) is 5.69. The van der Waals surface area contributed by atoms with Gasteiger partial charge in [-0.2, -0.15) is 0 Å². The molecule has 102 valence electrons. The summed E-state index contributed by atoms with van der Waals surface area (Å²) in [6, 6.07) is 6.15. The second kappa shape index (κ2) is 5.87. The highest BCUT2D eigenvalue weighted by atomic mass is 19.1. The second-order valence-electron chi connectivity index (χ2n) is 3.96. The van der Waals surface area contributed by atoms with E-state index >= 15 is 0 Å². The van der Waals surface area contributed by atoms with Gasteiger partial charge < -0.3 is 5.32 Å². The number of nitrogens with zero attached hydrogens (tertiary/aromatic N) is 2. The third-order valence-corrected chi connectivity index (χ3v) is 2.60. The minimum absolute atomic E-state index is 0.176. The Bertz CT molecular complexity index is 647. The molecule has 0 saturated heterocycles. The van der Waals surface area contributed by atoms with Crippen LogP contribution in [0.15, 0.2) is 42.7 Å². The molecule has 1 N–H and O–H groups in total. The Morgan fingerprint density at radius 2 is 2.00 bits per heavy atom. The van der Waals surface area contributed by atoms with Crippen LogP contribution in [0.3, 0.4) is 0 Å². The predicted molar refractivity (Wildman–Crippen MR) is 68.5 cm³/mol. The number of rotatable bonds is 4. The van der Waals surface area contributed by atoms with Gasteiger partial charge in [0.05, 0.1) is 4.92 Å². The van der Waals surface area contributed by atoms with E-state index in [0.29, 0.717) is 0 Å². The topological polar surface area (TPSA) is 85.1 Å². The number of nitro groups is 1. The van der Waals surface area contributed by atoms with E-state index in [1.165, 1.54) is 0 Å². The van der Waals surface area contributed by atoms with Gasteiger partial charge in [-0.3, -0.25) is 19.9 Å². The van der Waals surface area contributed by atoms with Crippen molar-refractivity contribution < 1.29 is 14.1 Å². The highest BCUT2D eigenvalue weighted by molar-refractivity contribution is 5.98. The van der Waals surface area contributed by atoms with Gasteiger partial charge in [-0.25, -0.2) is 4.39 Å². The van der Waals surface area contributed by atoms with Crippen molar-refractivity contribution in [1.82, 2.24) is 10.3 Å². The van der Waals surface area contributed by atoms with Gasteiger partial charge in [0, 0.05) is 25.0 Å². The number of hydrogen-bond donors (Lipinski definition) is 1. The molecule has 0 aliphatic heterocycles. The van der Waals surface area contributed by atoms with Gasteiger partial charge in [0.15, 0.2) is 0 Å². The van der Waals surface area contributed by atoms with Crippen molar-refractivity contribution in [2.75, 3.05) is 0 Å². The van der Waals surface area contributed by atoms with Crippen molar-refractivity contribution in [3.63, 3.8) is 0 Å². The van der Waals surface area contributed by atoms with Gasteiger partial charge in [0.2, 0.25) is 0 Å². The Labute approximate surface area is 113 Å². The lowest BCUT2D eigenvalue weighted by molar-refractivity contribution is -0.385. The van der Waals surface area contributed by atoms with Crippen molar-refractivity contribution in [3.8, 4) is 0 Å². The second-order valence-corrected chi connectivity index (χ2v) is 3.96. The number of halogens is 1. The number of benzene rings is 1. The molecule has 0 aliphatic rings. The molecular weight excluding hydrogens is 265 g/mol. The smallest absolute Gasteiger partial charge is 0.282 e. The lowest BCUT2D eigenvalue weighted by Crippen LogP contribution is -2.23. The number of aromatic nitrogens is 1. The molecule has 2 aromatic rings. The summed E-state index contributed by atoms with van der Waals surface area (Å²) in [6.45, 7) is 0.176. The zero-order chi connectivity index (χ0) is 14.5. The molecule has 0 fully saturated rings. The van der Waals surface area contributed by atoms with Crippen molar-refractivity contribution in [2.45, 2.75) is 6.54 Å². The molecule has 1 heterocycles. The largest absolute Gasteiger partial charge is 0.348 e. The lowest BCUT2D eigenvalue weighted by atomic mass is 10.1. The van der Waals surface area contributed by atoms with E-state index in [4.69, 9.17) is 0 Å². The average Bonchev–Trinajstić information content (AvgIpc) is 2.45. The standard InChI is InChI=1S/C13H10FN3O3/c14-10-1-2-12(17(19)20)11(7-10)13(18)16-8-9-3-5-15-6-4-9/h1-7H,8H2,(H,16,18). The van der Waals surface area contributed by atoms with Gasteiger partial charge in [0.1, 0.15) is 11.4 Å². The number of pyridine rings is 1. The van der Waals surface area contributed by atoms with Crippen LogP contribution in [0.2, 0.25) is 0 Å². The Kier molecular flexibility index (Phi) is 3.99. The van der Waals surface area contributed by atoms with Crippen LogP contribution >= 0.6 is 0 Å². The van der Waals surface area contributed by atoms with Crippen LogP contribution in [-0.2, 0) is 6.54 Å². The first-order valence-electron chi connectivity index (χ1n) is 5.69. The number of carbonyl (C=O) groups is 1. The molecular formula is C13H10FN3O3. The Hall–Kier alpha value is -2.83. The van der Waals surface area contributed by atoms with Gasteiger partial charge >= 0.3 is 0 Å².